The molecule has 0 bridgehead atoms. The molecule has 3 heteroatoms. The zero-order valence-electron chi connectivity index (χ0n) is 7.64. The van der Waals surface area contributed by atoms with Gasteiger partial charge in [-0.25, -0.2) is 4.98 Å². The van der Waals surface area contributed by atoms with Crippen LogP contribution >= 0.6 is 0 Å². The highest BCUT2D eigenvalue weighted by Crippen LogP contribution is 2.21. The molecule has 0 spiro atoms. The average Bonchev–Trinajstić information content (AvgIpc) is 2.18. The molecule has 0 saturated carbocycles. The Morgan fingerprint density at radius 2 is 1.36 bits per heavy atom. The van der Waals surface area contributed by atoms with Gasteiger partial charge in [-0.05, 0) is 23.3 Å². The number of nitrogens with two attached hydrogens (primary N) is 2. The van der Waals surface area contributed by atoms with Crippen molar-refractivity contribution in [3.63, 3.8) is 0 Å². The van der Waals surface area contributed by atoms with E-state index >= 15 is 0 Å². The van der Waals surface area contributed by atoms with E-state index in [1.54, 1.807) is 0 Å². The van der Waals surface area contributed by atoms with Crippen molar-refractivity contribution in [2.45, 2.75) is 0 Å². The highest BCUT2D eigenvalue weighted by atomic mass is 14.9. The topological polar surface area (TPSA) is 64.9 Å². The predicted octanol–water partition coefficient (Wildman–Crippen LogP) is 1.91. The van der Waals surface area contributed by atoms with Gasteiger partial charge in [0.15, 0.2) is 0 Å². The maximum atomic E-state index is 5.61. The molecular weight excluding hydrogens is 174 g/mol. The van der Waals surface area contributed by atoms with Crippen LogP contribution in [-0.4, -0.2) is 4.98 Å². The van der Waals surface area contributed by atoms with Crippen LogP contribution in [0.25, 0.3) is 11.1 Å². The molecule has 2 aromatic rings. The Balaban J connectivity index is 2.52. The fourth-order valence-electron chi connectivity index (χ4n) is 1.37. The summed E-state index contributed by atoms with van der Waals surface area (Å²) in [6.45, 7) is 0. The van der Waals surface area contributed by atoms with Gasteiger partial charge in [0.1, 0.15) is 11.6 Å². The Labute approximate surface area is 82.4 Å². The van der Waals surface area contributed by atoms with Gasteiger partial charge < -0.3 is 11.5 Å². The van der Waals surface area contributed by atoms with E-state index in [0.29, 0.717) is 11.6 Å². The average molecular weight is 185 g/mol. The first kappa shape index (κ1) is 8.56. The number of aromatic nitrogens is 1. The third kappa shape index (κ3) is 1.66. The molecule has 70 valence electrons. The normalized spacial score (nSPS) is 10.0. The van der Waals surface area contributed by atoms with Crippen molar-refractivity contribution >= 4 is 11.6 Å². The smallest absolute Gasteiger partial charge is 0.126 e. The molecule has 0 radical (unpaired) electrons. The van der Waals surface area contributed by atoms with Gasteiger partial charge in [-0.1, -0.05) is 30.3 Å². The van der Waals surface area contributed by atoms with Crippen molar-refractivity contribution in [1.82, 2.24) is 4.98 Å². The van der Waals surface area contributed by atoms with Crippen LogP contribution in [0.15, 0.2) is 42.5 Å². The first-order valence-electron chi connectivity index (χ1n) is 4.34. The molecule has 14 heavy (non-hydrogen) atoms. The SMILES string of the molecule is Nc1cc(-c2ccccc2)cc(N)n1. The van der Waals surface area contributed by atoms with E-state index in [1.807, 2.05) is 42.5 Å². The fraction of sp³-hybridized carbons (Fsp3) is 0. The van der Waals surface area contributed by atoms with E-state index in [1.165, 1.54) is 0 Å². The van der Waals surface area contributed by atoms with E-state index in [4.69, 9.17) is 11.5 Å². The Hall–Kier alpha value is -2.03. The van der Waals surface area contributed by atoms with Gasteiger partial charge in [0, 0.05) is 0 Å². The van der Waals surface area contributed by atoms with Gasteiger partial charge in [-0.2, -0.15) is 0 Å². The number of nitrogen functional groups attached to an aromatic ring is 2. The molecule has 2 rings (SSSR count). The van der Waals surface area contributed by atoms with Crippen LogP contribution in [0.5, 0.6) is 0 Å². The second-order valence-electron chi connectivity index (χ2n) is 3.07. The molecule has 1 heterocycles. The molecule has 0 unspecified atom stereocenters. The van der Waals surface area contributed by atoms with Crippen molar-refractivity contribution in [3.05, 3.63) is 42.5 Å². The molecule has 1 aromatic carbocycles. The Kier molecular flexibility index (Phi) is 2.07. The summed E-state index contributed by atoms with van der Waals surface area (Å²) in [6.07, 6.45) is 0. The highest BCUT2D eigenvalue weighted by Gasteiger charge is 1.99. The predicted molar refractivity (Wildman–Crippen MR) is 58.5 cm³/mol. The van der Waals surface area contributed by atoms with Gasteiger partial charge in [0.25, 0.3) is 0 Å². The summed E-state index contributed by atoms with van der Waals surface area (Å²) < 4.78 is 0. The number of benzene rings is 1. The van der Waals surface area contributed by atoms with Crippen molar-refractivity contribution in [2.24, 2.45) is 0 Å². The zero-order chi connectivity index (χ0) is 9.97. The van der Waals surface area contributed by atoms with Gasteiger partial charge in [0.2, 0.25) is 0 Å². The zero-order valence-corrected chi connectivity index (χ0v) is 7.64. The quantitative estimate of drug-likeness (QED) is 0.713. The van der Waals surface area contributed by atoms with Crippen LogP contribution in [0, 0.1) is 0 Å². The summed E-state index contributed by atoms with van der Waals surface area (Å²) in [7, 11) is 0. The van der Waals surface area contributed by atoms with Crippen LogP contribution in [-0.2, 0) is 0 Å². The second-order valence-corrected chi connectivity index (χ2v) is 3.07. The maximum absolute atomic E-state index is 5.61. The number of rotatable bonds is 1. The highest BCUT2D eigenvalue weighted by molar-refractivity contribution is 5.68. The molecule has 4 N–H and O–H groups in total. The molecule has 0 saturated heterocycles. The summed E-state index contributed by atoms with van der Waals surface area (Å²) in [5.74, 6) is 0.896. The Bertz CT molecular complexity index is 417. The molecule has 0 fully saturated rings. The summed E-state index contributed by atoms with van der Waals surface area (Å²) >= 11 is 0. The lowest BCUT2D eigenvalue weighted by atomic mass is 10.1. The fourth-order valence-corrected chi connectivity index (χ4v) is 1.37. The lowest BCUT2D eigenvalue weighted by Gasteiger charge is -2.03. The van der Waals surface area contributed by atoms with Gasteiger partial charge >= 0.3 is 0 Å². The van der Waals surface area contributed by atoms with Crippen LogP contribution in [0.1, 0.15) is 0 Å². The molecular formula is C11H11N3. The first-order chi connectivity index (χ1) is 6.75. The molecule has 0 atom stereocenters. The van der Waals surface area contributed by atoms with Crippen LogP contribution in [0.3, 0.4) is 0 Å². The van der Waals surface area contributed by atoms with Gasteiger partial charge in [-0.15, -0.1) is 0 Å². The molecule has 0 amide bonds. The van der Waals surface area contributed by atoms with E-state index in [9.17, 15) is 0 Å². The van der Waals surface area contributed by atoms with Crippen molar-refractivity contribution < 1.29 is 0 Å². The number of nitrogens with zero attached hydrogens (tertiary/aromatic N) is 1. The molecule has 1 aromatic heterocycles. The Morgan fingerprint density at radius 1 is 0.786 bits per heavy atom. The number of pyridine rings is 1. The molecule has 0 aliphatic rings. The third-order valence-electron chi connectivity index (χ3n) is 1.97. The van der Waals surface area contributed by atoms with E-state index in [0.717, 1.165) is 11.1 Å². The summed E-state index contributed by atoms with van der Waals surface area (Å²) in [5, 5.41) is 0. The standard InChI is InChI=1S/C11H11N3/c12-10-6-9(7-11(13)14-10)8-4-2-1-3-5-8/h1-7H,(H4,12,13,14). The lowest BCUT2D eigenvalue weighted by molar-refractivity contribution is 1.34. The monoisotopic (exact) mass is 185 g/mol. The first-order valence-corrected chi connectivity index (χ1v) is 4.34. The van der Waals surface area contributed by atoms with Crippen molar-refractivity contribution in [1.29, 1.82) is 0 Å². The molecule has 3 nitrogen and oxygen atoms in total. The Morgan fingerprint density at radius 3 is 1.93 bits per heavy atom. The van der Waals surface area contributed by atoms with Gasteiger partial charge in [-0.3, -0.25) is 0 Å². The van der Waals surface area contributed by atoms with Crippen LogP contribution < -0.4 is 11.5 Å². The number of anilines is 2. The maximum Gasteiger partial charge on any atom is 0.126 e. The molecule has 0 aliphatic heterocycles. The van der Waals surface area contributed by atoms with Gasteiger partial charge in [0.05, 0.1) is 0 Å². The van der Waals surface area contributed by atoms with Crippen LogP contribution in [0.4, 0.5) is 11.6 Å². The van der Waals surface area contributed by atoms with Crippen molar-refractivity contribution in [3.8, 4) is 11.1 Å². The summed E-state index contributed by atoms with van der Waals surface area (Å²) in [6, 6.07) is 13.6. The number of hydrogen-bond acceptors (Lipinski definition) is 3. The second kappa shape index (κ2) is 3.38. The van der Waals surface area contributed by atoms with Crippen molar-refractivity contribution in [2.75, 3.05) is 11.5 Å². The number of hydrogen-bond donors (Lipinski definition) is 2. The molecule has 0 aliphatic carbocycles. The minimum absolute atomic E-state index is 0.448. The van der Waals surface area contributed by atoms with E-state index in [-0.39, 0.29) is 0 Å². The minimum Gasteiger partial charge on any atom is -0.384 e. The largest absolute Gasteiger partial charge is 0.384 e. The van der Waals surface area contributed by atoms with Crippen LogP contribution in [0.2, 0.25) is 0 Å². The van der Waals surface area contributed by atoms with E-state index in [2.05, 4.69) is 4.98 Å². The minimum atomic E-state index is 0.448. The summed E-state index contributed by atoms with van der Waals surface area (Å²) in [5.41, 5.74) is 13.3. The summed E-state index contributed by atoms with van der Waals surface area (Å²) in [4.78, 5) is 3.92. The third-order valence-corrected chi connectivity index (χ3v) is 1.97. The van der Waals surface area contributed by atoms with E-state index < -0.39 is 0 Å². The lowest BCUT2D eigenvalue weighted by Crippen LogP contribution is -1.96.